The predicted octanol–water partition coefficient (Wildman–Crippen LogP) is 4.83. The average molecular weight is 679 g/mol. The molecular formula is C35H54N2O9S. The van der Waals surface area contributed by atoms with Crippen molar-refractivity contribution >= 4 is 27.9 Å². The molecule has 1 amide bonds. The highest BCUT2D eigenvalue weighted by Gasteiger charge is 2.46. The van der Waals surface area contributed by atoms with Gasteiger partial charge in [0.15, 0.2) is 5.60 Å². The molecule has 0 fully saturated rings. The summed E-state index contributed by atoms with van der Waals surface area (Å²) in [6, 6.07) is 5.28. The van der Waals surface area contributed by atoms with E-state index in [1.807, 2.05) is 0 Å². The van der Waals surface area contributed by atoms with Crippen molar-refractivity contribution in [2.24, 2.45) is 5.92 Å². The molecule has 47 heavy (non-hydrogen) atoms. The Bertz CT molecular complexity index is 1290. The standard InChI is InChI=1S/C35H54N2O9S/c1-4-7-9-10-14-17-26-47(44,45)36-24-16-13-11-12-15-18-30(35(43,23-6-3)34(41)42)32(38)37-31(33(39)40)27-28-19-21-29(22-20-28)46-25-8-5-2/h15,18-22,30-31,36,43H,4,6-7,9-14,16-17,23-27H2,1-3H3,(H,37,38)(H,39,40)(H,41,42)/t30-,31+,35+/m1/s1. The summed E-state index contributed by atoms with van der Waals surface area (Å²) in [5.74, 6) is 0.834. The van der Waals surface area contributed by atoms with Crippen LogP contribution in [0.1, 0.15) is 103 Å². The number of carbonyl (C=O) groups is 3. The number of rotatable bonds is 26. The van der Waals surface area contributed by atoms with Crippen molar-refractivity contribution < 1.29 is 42.9 Å². The van der Waals surface area contributed by atoms with Crippen molar-refractivity contribution in [3.63, 3.8) is 0 Å². The van der Waals surface area contributed by atoms with Crippen LogP contribution in [0.3, 0.4) is 0 Å². The molecule has 264 valence electrons. The number of aliphatic carboxylic acids is 2. The lowest BCUT2D eigenvalue weighted by atomic mass is 9.82. The third kappa shape index (κ3) is 16.8. The summed E-state index contributed by atoms with van der Waals surface area (Å²) in [5, 5.41) is 33.2. The summed E-state index contributed by atoms with van der Waals surface area (Å²) in [6.07, 6.45) is 11.3. The fourth-order valence-corrected chi connectivity index (χ4v) is 6.20. The third-order valence-corrected chi connectivity index (χ3v) is 9.20. The van der Waals surface area contributed by atoms with Crippen LogP contribution in [0.5, 0.6) is 5.75 Å². The van der Waals surface area contributed by atoms with Gasteiger partial charge in [-0.05, 0) is 56.7 Å². The van der Waals surface area contributed by atoms with Gasteiger partial charge in [-0.2, -0.15) is 0 Å². The molecule has 0 saturated carbocycles. The number of unbranched alkanes of at least 4 members (excludes halogenated alkanes) is 8. The normalized spacial score (nSPS) is 14.0. The summed E-state index contributed by atoms with van der Waals surface area (Å²) in [4.78, 5) is 37.6. The highest BCUT2D eigenvalue weighted by Crippen LogP contribution is 2.27. The van der Waals surface area contributed by atoms with Crippen molar-refractivity contribution in [2.45, 2.75) is 116 Å². The van der Waals surface area contributed by atoms with Gasteiger partial charge in [-0.1, -0.05) is 89.0 Å². The number of sulfonamides is 1. The van der Waals surface area contributed by atoms with Crippen LogP contribution in [0.4, 0.5) is 0 Å². The molecule has 12 heteroatoms. The zero-order chi connectivity index (χ0) is 35.1. The van der Waals surface area contributed by atoms with Gasteiger partial charge in [0.05, 0.1) is 11.7 Å². The Hall–Kier alpha value is -3.40. The fourth-order valence-electron chi connectivity index (χ4n) is 5.02. The largest absolute Gasteiger partial charge is 0.481 e. The molecule has 0 saturated heterocycles. The topological polar surface area (TPSA) is 179 Å². The fraction of sp³-hybridized carbons (Fsp3) is 0.629. The minimum Gasteiger partial charge on any atom is -0.481 e. The number of nitrogens with one attached hydrogen (secondary N) is 2. The third-order valence-electron chi connectivity index (χ3n) is 7.73. The molecule has 0 spiro atoms. The summed E-state index contributed by atoms with van der Waals surface area (Å²) >= 11 is 0. The zero-order valence-electron chi connectivity index (χ0n) is 28.1. The smallest absolute Gasteiger partial charge is 0.336 e. The molecule has 1 aromatic carbocycles. The quantitative estimate of drug-likeness (QED) is 0.0521. The van der Waals surface area contributed by atoms with Gasteiger partial charge >= 0.3 is 11.9 Å². The summed E-state index contributed by atoms with van der Waals surface area (Å²) in [6.45, 7) is 6.04. The molecule has 0 heterocycles. The van der Waals surface area contributed by atoms with Crippen molar-refractivity contribution in [2.75, 3.05) is 18.9 Å². The Kier molecular flexibility index (Phi) is 20.4. The van der Waals surface area contributed by atoms with Gasteiger partial charge in [-0.15, -0.1) is 5.92 Å². The van der Waals surface area contributed by atoms with Crippen molar-refractivity contribution in [3.05, 3.63) is 42.0 Å². The predicted molar refractivity (Wildman–Crippen MR) is 182 cm³/mol. The SMILES string of the molecule is CC#CCOc1ccc(C[C@H](NC(=O)[C@@H](C=CCCCCCNS(=O)(=O)CCCCCCCC)[C@@](O)(CCC)C(=O)O)C(=O)O)cc1. The van der Waals surface area contributed by atoms with E-state index in [4.69, 9.17) is 4.74 Å². The van der Waals surface area contributed by atoms with E-state index in [1.165, 1.54) is 12.5 Å². The lowest BCUT2D eigenvalue weighted by Gasteiger charge is -2.30. The van der Waals surface area contributed by atoms with Crippen LogP contribution in [0.15, 0.2) is 36.4 Å². The molecule has 0 radical (unpaired) electrons. The minimum absolute atomic E-state index is 0.0749. The van der Waals surface area contributed by atoms with Gasteiger partial charge in [0, 0.05) is 13.0 Å². The first-order chi connectivity index (χ1) is 22.4. The van der Waals surface area contributed by atoms with Gasteiger partial charge in [-0.3, -0.25) is 4.79 Å². The number of carboxylic acid groups (broad SMARTS) is 2. The summed E-state index contributed by atoms with van der Waals surface area (Å²) in [7, 11) is -3.31. The molecule has 1 aromatic rings. The number of benzene rings is 1. The van der Waals surface area contributed by atoms with E-state index in [0.29, 0.717) is 50.0 Å². The molecule has 3 atom stereocenters. The molecule has 0 aliphatic carbocycles. The van der Waals surface area contributed by atoms with Crippen LogP contribution in [0, 0.1) is 17.8 Å². The Morgan fingerprint density at radius 3 is 2.23 bits per heavy atom. The Morgan fingerprint density at radius 2 is 1.62 bits per heavy atom. The van der Waals surface area contributed by atoms with Crippen LogP contribution in [0.25, 0.3) is 0 Å². The highest BCUT2D eigenvalue weighted by molar-refractivity contribution is 7.89. The maximum Gasteiger partial charge on any atom is 0.336 e. The van der Waals surface area contributed by atoms with E-state index in [2.05, 4.69) is 28.8 Å². The minimum atomic E-state index is -3.31. The van der Waals surface area contributed by atoms with E-state index in [0.717, 1.165) is 25.7 Å². The number of hydrogen-bond donors (Lipinski definition) is 5. The van der Waals surface area contributed by atoms with E-state index in [1.54, 1.807) is 44.2 Å². The molecule has 5 N–H and O–H groups in total. The number of amides is 1. The van der Waals surface area contributed by atoms with Gasteiger partial charge in [0.2, 0.25) is 15.9 Å². The molecule has 11 nitrogen and oxygen atoms in total. The maximum absolute atomic E-state index is 13.4. The van der Waals surface area contributed by atoms with Gasteiger partial charge < -0.3 is 25.4 Å². The molecule has 0 aromatic heterocycles. The number of aliphatic hydroxyl groups is 1. The first-order valence-corrected chi connectivity index (χ1v) is 18.3. The summed E-state index contributed by atoms with van der Waals surface area (Å²) in [5.41, 5.74) is -1.84. The second-order valence-electron chi connectivity index (χ2n) is 11.7. The van der Waals surface area contributed by atoms with Gasteiger partial charge in [0.25, 0.3) is 0 Å². The number of carboxylic acids is 2. The van der Waals surface area contributed by atoms with Crippen LogP contribution in [-0.4, -0.2) is 72.1 Å². The van der Waals surface area contributed by atoms with E-state index in [-0.39, 0.29) is 31.6 Å². The Balaban J connectivity index is 2.76. The molecule has 0 aliphatic rings. The first-order valence-electron chi connectivity index (χ1n) is 16.6. The van der Waals surface area contributed by atoms with Crippen molar-refractivity contribution in [1.82, 2.24) is 10.0 Å². The number of hydrogen-bond acceptors (Lipinski definition) is 7. The number of carbonyl (C=O) groups excluding carboxylic acids is 1. The van der Waals surface area contributed by atoms with Crippen LogP contribution < -0.4 is 14.8 Å². The van der Waals surface area contributed by atoms with Crippen molar-refractivity contribution in [3.8, 4) is 17.6 Å². The zero-order valence-corrected chi connectivity index (χ0v) is 28.9. The lowest BCUT2D eigenvalue weighted by molar-refractivity contribution is -0.167. The Morgan fingerprint density at radius 1 is 0.957 bits per heavy atom. The second-order valence-corrected chi connectivity index (χ2v) is 13.6. The Labute approximate surface area is 280 Å². The molecule has 0 bridgehead atoms. The van der Waals surface area contributed by atoms with E-state index < -0.39 is 45.4 Å². The molecule has 1 rings (SSSR count). The van der Waals surface area contributed by atoms with E-state index in [9.17, 15) is 38.1 Å². The molecule has 0 unspecified atom stereocenters. The van der Waals surface area contributed by atoms with Crippen LogP contribution >= 0.6 is 0 Å². The lowest BCUT2D eigenvalue weighted by Crippen LogP contribution is -2.54. The first kappa shape index (κ1) is 41.6. The second kappa shape index (κ2) is 23.0. The maximum atomic E-state index is 13.4. The monoisotopic (exact) mass is 678 g/mol. The van der Waals surface area contributed by atoms with Crippen LogP contribution in [-0.2, 0) is 30.8 Å². The molecule has 0 aliphatic heterocycles. The average Bonchev–Trinajstić information content (AvgIpc) is 3.02. The number of ether oxygens (including phenoxy) is 1. The van der Waals surface area contributed by atoms with E-state index >= 15 is 0 Å². The van der Waals surface area contributed by atoms with Crippen LogP contribution in [0.2, 0.25) is 0 Å². The van der Waals surface area contributed by atoms with Gasteiger partial charge in [-0.25, -0.2) is 22.7 Å². The highest BCUT2D eigenvalue weighted by atomic mass is 32.2. The molecular weight excluding hydrogens is 624 g/mol. The summed E-state index contributed by atoms with van der Waals surface area (Å²) < 4.78 is 32.5. The van der Waals surface area contributed by atoms with Gasteiger partial charge in [0.1, 0.15) is 18.4 Å². The number of allylic oxidation sites excluding steroid dienone is 1. The van der Waals surface area contributed by atoms with Crippen molar-refractivity contribution in [1.29, 1.82) is 0 Å².